The van der Waals surface area contributed by atoms with E-state index in [1.807, 2.05) is 6.07 Å². The largest absolute Gasteiger partial charge is 0.0840 e. The molecule has 2 rings (SSSR count). The summed E-state index contributed by atoms with van der Waals surface area (Å²) in [4.78, 5) is 0. The molecule has 0 nitrogen and oxygen atoms in total. The number of fused-ring (bicyclic) bond motifs is 1. The maximum atomic E-state index is 6.27. The smallest absolute Gasteiger partial charge is 0.0447 e. The first-order valence-corrected chi connectivity index (χ1v) is 6.09. The number of hydrogen-bond donors (Lipinski definition) is 0. The molecule has 0 saturated heterocycles. The van der Waals surface area contributed by atoms with E-state index in [2.05, 4.69) is 42.8 Å². The van der Waals surface area contributed by atoms with Gasteiger partial charge in [0.2, 0.25) is 0 Å². The lowest BCUT2D eigenvalue weighted by Gasteiger charge is -2.20. The van der Waals surface area contributed by atoms with Crippen LogP contribution >= 0.6 is 27.5 Å². The third kappa shape index (κ3) is 1.42. The summed E-state index contributed by atoms with van der Waals surface area (Å²) in [7, 11) is 0. The van der Waals surface area contributed by atoms with Gasteiger partial charge in [0.05, 0.1) is 0 Å². The lowest BCUT2D eigenvalue weighted by molar-refractivity contribution is 0.489. The van der Waals surface area contributed by atoms with Crippen molar-refractivity contribution in [2.45, 2.75) is 38.5 Å². The first-order chi connectivity index (χ1) is 6.43. The summed E-state index contributed by atoms with van der Waals surface area (Å²) in [6.07, 6.45) is 1.19. The molecule has 0 spiro atoms. The Balaban J connectivity index is 2.73. The Morgan fingerprint density at radius 3 is 2.64 bits per heavy atom. The molecule has 0 saturated carbocycles. The van der Waals surface area contributed by atoms with Crippen molar-refractivity contribution in [3.8, 4) is 0 Å². The van der Waals surface area contributed by atoms with Gasteiger partial charge in [-0.3, -0.25) is 0 Å². The van der Waals surface area contributed by atoms with E-state index >= 15 is 0 Å². The van der Waals surface area contributed by atoms with E-state index in [9.17, 15) is 0 Å². The summed E-state index contributed by atoms with van der Waals surface area (Å²) in [5, 5.41) is 0.914. The summed E-state index contributed by atoms with van der Waals surface area (Å²) in [6, 6.07) is 4.04. The zero-order valence-corrected chi connectivity index (χ0v) is 11.0. The van der Waals surface area contributed by atoms with Crippen molar-refractivity contribution >= 4 is 27.5 Å². The highest BCUT2D eigenvalue weighted by Gasteiger charge is 2.37. The SMILES string of the molecule is C[C@H]1CC(C)(C)c2c(Cl)ccc(Br)c21. The molecule has 0 radical (unpaired) electrons. The molecule has 0 fully saturated rings. The highest BCUT2D eigenvalue weighted by atomic mass is 79.9. The number of halogens is 2. The molecule has 1 atom stereocenters. The van der Waals surface area contributed by atoms with Crippen LogP contribution in [0.25, 0.3) is 0 Å². The number of benzene rings is 1. The maximum absolute atomic E-state index is 6.27. The zero-order valence-electron chi connectivity index (χ0n) is 8.70. The van der Waals surface area contributed by atoms with Crippen molar-refractivity contribution in [2.24, 2.45) is 0 Å². The highest BCUT2D eigenvalue weighted by Crippen LogP contribution is 2.50. The molecular weight excluding hydrogens is 259 g/mol. The molecule has 76 valence electrons. The topological polar surface area (TPSA) is 0 Å². The Bertz CT molecular complexity index is 382. The van der Waals surface area contributed by atoms with Gasteiger partial charge in [0, 0.05) is 9.50 Å². The van der Waals surface area contributed by atoms with Gasteiger partial charge in [-0.05, 0) is 41.0 Å². The van der Waals surface area contributed by atoms with Crippen LogP contribution in [-0.2, 0) is 5.41 Å². The Kier molecular flexibility index (Phi) is 2.43. The third-order valence-electron chi connectivity index (χ3n) is 3.13. The standard InChI is InChI=1S/C12H14BrCl/c1-7-6-12(2,3)11-9(14)5-4-8(13)10(7)11/h4-5,7H,6H2,1-3H3/t7-/m0/s1. The fourth-order valence-electron chi connectivity index (χ4n) is 2.71. The first-order valence-electron chi connectivity index (χ1n) is 4.92. The maximum Gasteiger partial charge on any atom is 0.0447 e. The predicted molar refractivity (Wildman–Crippen MR) is 65.2 cm³/mol. The molecule has 14 heavy (non-hydrogen) atoms. The second-order valence-corrected chi connectivity index (χ2v) is 6.07. The van der Waals surface area contributed by atoms with Crippen LogP contribution in [0.15, 0.2) is 16.6 Å². The van der Waals surface area contributed by atoms with Crippen molar-refractivity contribution in [3.63, 3.8) is 0 Å². The summed E-state index contributed by atoms with van der Waals surface area (Å²) in [5.74, 6) is 0.605. The van der Waals surface area contributed by atoms with Crippen LogP contribution in [0.3, 0.4) is 0 Å². The second-order valence-electron chi connectivity index (χ2n) is 4.81. The second kappa shape index (κ2) is 3.24. The summed E-state index contributed by atoms with van der Waals surface area (Å²) in [6.45, 7) is 6.82. The lowest BCUT2D eigenvalue weighted by atomic mass is 9.86. The number of hydrogen-bond acceptors (Lipinski definition) is 0. The fraction of sp³-hybridized carbons (Fsp3) is 0.500. The van der Waals surface area contributed by atoms with Gasteiger partial charge >= 0.3 is 0 Å². The molecule has 1 aliphatic carbocycles. The van der Waals surface area contributed by atoms with Gasteiger partial charge in [-0.25, -0.2) is 0 Å². The molecule has 1 aromatic rings. The molecule has 1 aromatic carbocycles. The summed E-state index contributed by atoms with van der Waals surface area (Å²) < 4.78 is 1.20. The Hall–Kier alpha value is -0.0100. The lowest BCUT2D eigenvalue weighted by Crippen LogP contribution is -2.12. The first kappa shape index (κ1) is 10.5. The van der Waals surface area contributed by atoms with Crippen molar-refractivity contribution < 1.29 is 0 Å². The van der Waals surface area contributed by atoms with Crippen molar-refractivity contribution in [1.82, 2.24) is 0 Å². The molecule has 0 unspecified atom stereocenters. The average Bonchev–Trinajstić information content (AvgIpc) is 2.30. The predicted octanol–water partition coefficient (Wildman–Crippen LogP) is 4.89. The minimum absolute atomic E-state index is 0.218. The van der Waals surface area contributed by atoms with Crippen LogP contribution in [0, 0.1) is 0 Å². The van der Waals surface area contributed by atoms with Crippen LogP contribution < -0.4 is 0 Å². The molecule has 0 heterocycles. The molecule has 2 heteroatoms. The van der Waals surface area contributed by atoms with Crippen LogP contribution in [0.4, 0.5) is 0 Å². The van der Waals surface area contributed by atoms with Gasteiger partial charge in [-0.1, -0.05) is 48.3 Å². The molecule has 0 bridgehead atoms. The van der Waals surface area contributed by atoms with Gasteiger partial charge < -0.3 is 0 Å². The van der Waals surface area contributed by atoms with Gasteiger partial charge in [0.25, 0.3) is 0 Å². The van der Waals surface area contributed by atoms with Crippen molar-refractivity contribution in [1.29, 1.82) is 0 Å². The van der Waals surface area contributed by atoms with E-state index in [0.29, 0.717) is 5.92 Å². The molecule has 0 aliphatic heterocycles. The minimum Gasteiger partial charge on any atom is -0.0840 e. The van der Waals surface area contributed by atoms with Gasteiger partial charge in [0.1, 0.15) is 0 Å². The highest BCUT2D eigenvalue weighted by molar-refractivity contribution is 9.10. The van der Waals surface area contributed by atoms with E-state index in [1.54, 1.807) is 0 Å². The monoisotopic (exact) mass is 272 g/mol. The minimum atomic E-state index is 0.218. The summed E-state index contributed by atoms with van der Waals surface area (Å²) >= 11 is 9.89. The fourth-order valence-corrected chi connectivity index (χ4v) is 3.85. The van der Waals surface area contributed by atoms with Crippen molar-refractivity contribution in [2.75, 3.05) is 0 Å². The van der Waals surface area contributed by atoms with Crippen LogP contribution in [0.2, 0.25) is 5.02 Å². The van der Waals surface area contributed by atoms with E-state index in [0.717, 1.165) is 5.02 Å². The Morgan fingerprint density at radius 2 is 2.07 bits per heavy atom. The molecule has 0 N–H and O–H groups in total. The molecular formula is C12H14BrCl. The van der Waals surface area contributed by atoms with E-state index in [-0.39, 0.29) is 5.41 Å². The van der Waals surface area contributed by atoms with Gasteiger partial charge in [-0.15, -0.1) is 0 Å². The normalized spacial score (nSPS) is 23.6. The Morgan fingerprint density at radius 1 is 1.43 bits per heavy atom. The Labute approximate surface area is 98.8 Å². The third-order valence-corrected chi connectivity index (χ3v) is 4.13. The molecule has 0 amide bonds. The van der Waals surface area contributed by atoms with Crippen LogP contribution in [0.1, 0.15) is 44.2 Å². The summed E-state index contributed by atoms with van der Waals surface area (Å²) in [5.41, 5.74) is 2.96. The van der Waals surface area contributed by atoms with E-state index in [1.165, 1.54) is 22.0 Å². The molecule has 0 aromatic heterocycles. The van der Waals surface area contributed by atoms with Crippen molar-refractivity contribution in [3.05, 3.63) is 32.8 Å². The quantitative estimate of drug-likeness (QED) is 0.631. The molecule has 1 aliphatic rings. The zero-order chi connectivity index (χ0) is 10.5. The average molecular weight is 274 g/mol. The van der Waals surface area contributed by atoms with Gasteiger partial charge in [0.15, 0.2) is 0 Å². The van der Waals surface area contributed by atoms with Gasteiger partial charge in [-0.2, -0.15) is 0 Å². The van der Waals surface area contributed by atoms with E-state index in [4.69, 9.17) is 11.6 Å². The van der Waals surface area contributed by atoms with E-state index < -0.39 is 0 Å². The van der Waals surface area contributed by atoms with Crippen LogP contribution in [-0.4, -0.2) is 0 Å². The number of rotatable bonds is 0. The van der Waals surface area contributed by atoms with Crippen LogP contribution in [0.5, 0.6) is 0 Å².